The molecule has 0 saturated heterocycles. The molecule has 2 atom stereocenters. The average molecular weight is 140 g/mol. The van der Waals surface area contributed by atoms with Gasteiger partial charge in [-0.05, 0) is 30.1 Å². The fourth-order valence-electron chi connectivity index (χ4n) is 2.65. The summed E-state index contributed by atoms with van der Waals surface area (Å²) in [7, 11) is 1.84. The Bertz CT molecular complexity index is 137. The summed E-state index contributed by atoms with van der Waals surface area (Å²) in [6.45, 7) is 4.77. The maximum absolute atomic E-state index is 5.31. The van der Waals surface area contributed by atoms with Crippen LogP contribution >= 0.6 is 0 Å². The van der Waals surface area contributed by atoms with E-state index < -0.39 is 0 Å². The van der Waals surface area contributed by atoms with Crippen LogP contribution in [0, 0.1) is 17.3 Å². The Kier molecular flexibility index (Phi) is 1.17. The van der Waals surface area contributed by atoms with E-state index >= 15 is 0 Å². The van der Waals surface area contributed by atoms with Crippen molar-refractivity contribution < 1.29 is 4.74 Å². The molecule has 0 aliphatic heterocycles. The van der Waals surface area contributed by atoms with Crippen molar-refractivity contribution in [3.8, 4) is 0 Å². The van der Waals surface area contributed by atoms with Crippen LogP contribution in [0.25, 0.3) is 0 Å². The summed E-state index contributed by atoms with van der Waals surface area (Å²) in [4.78, 5) is 0. The van der Waals surface area contributed by atoms with Crippen LogP contribution in [0.2, 0.25) is 0 Å². The second-order valence-corrected chi connectivity index (χ2v) is 4.36. The van der Waals surface area contributed by atoms with Gasteiger partial charge in [0, 0.05) is 7.11 Å². The summed E-state index contributed by atoms with van der Waals surface area (Å²) in [6.07, 6.45) is 3.21. The molecule has 2 fully saturated rings. The predicted molar refractivity (Wildman–Crippen MR) is 40.8 cm³/mol. The largest absolute Gasteiger partial charge is 0.381 e. The van der Waals surface area contributed by atoms with E-state index in [1.807, 2.05) is 7.11 Å². The van der Waals surface area contributed by atoms with E-state index in [0.717, 1.165) is 11.8 Å². The van der Waals surface area contributed by atoms with Crippen molar-refractivity contribution in [1.29, 1.82) is 0 Å². The number of fused-ring (bicyclic) bond motifs is 1. The molecule has 2 aliphatic carbocycles. The van der Waals surface area contributed by atoms with Crippen molar-refractivity contribution in [3.05, 3.63) is 0 Å². The molecular weight excluding hydrogens is 124 g/mol. The highest BCUT2D eigenvalue weighted by atomic mass is 16.5. The van der Waals surface area contributed by atoms with E-state index in [1.165, 1.54) is 12.8 Å². The molecule has 2 rings (SSSR count). The summed E-state index contributed by atoms with van der Waals surface area (Å²) in [6, 6.07) is 0. The van der Waals surface area contributed by atoms with Crippen LogP contribution in [0.3, 0.4) is 0 Å². The predicted octanol–water partition coefficient (Wildman–Crippen LogP) is 2.07. The number of ether oxygens (including phenoxy) is 1. The van der Waals surface area contributed by atoms with Gasteiger partial charge in [-0.2, -0.15) is 0 Å². The van der Waals surface area contributed by atoms with Crippen LogP contribution in [0.4, 0.5) is 0 Å². The Morgan fingerprint density at radius 3 is 2.10 bits per heavy atom. The summed E-state index contributed by atoms with van der Waals surface area (Å²) in [5.74, 6) is 1.97. The van der Waals surface area contributed by atoms with Gasteiger partial charge in [0.15, 0.2) is 0 Å². The zero-order chi connectivity index (χ0) is 7.35. The lowest BCUT2D eigenvalue weighted by Gasteiger charge is -2.14. The molecule has 0 spiro atoms. The lowest BCUT2D eigenvalue weighted by Crippen LogP contribution is -2.12. The molecule has 2 saturated carbocycles. The van der Waals surface area contributed by atoms with Crippen molar-refractivity contribution in [1.82, 2.24) is 0 Å². The van der Waals surface area contributed by atoms with Gasteiger partial charge in [-0.1, -0.05) is 13.8 Å². The molecule has 0 amide bonds. The highest BCUT2D eigenvalue weighted by molar-refractivity contribution is 5.10. The van der Waals surface area contributed by atoms with E-state index in [0.29, 0.717) is 11.5 Å². The van der Waals surface area contributed by atoms with Gasteiger partial charge in [-0.15, -0.1) is 0 Å². The standard InChI is InChI=1S/C9H16O/c1-9(2)7-4-6(10-3)5-8(7)9/h6-8H,4-5H2,1-3H3. The summed E-state index contributed by atoms with van der Waals surface area (Å²) >= 11 is 0. The van der Waals surface area contributed by atoms with Gasteiger partial charge in [0.25, 0.3) is 0 Å². The third kappa shape index (κ3) is 0.672. The molecule has 58 valence electrons. The lowest BCUT2D eigenvalue weighted by atomic mass is 9.99. The van der Waals surface area contributed by atoms with Crippen LogP contribution in [0.1, 0.15) is 26.7 Å². The topological polar surface area (TPSA) is 9.23 Å². The third-order valence-electron chi connectivity index (χ3n) is 3.65. The SMILES string of the molecule is COC1CC2C(C1)C2(C)C. The van der Waals surface area contributed by atoms with E-state index in [9.17, 15) is 0 Å². The maximum Gasteiger partial charge on any atom is 0.0577 e. The van der Waals surface area contributed by atoms with Gasteiger partial charge in [0.1, 0.15) is 0 Å². The van der Waals surface area contributed by atoms with Crippen molar-refractivity contribution in [2.45, 2.75) is 32.8 Å². The first-order chi connectivity index (χ1) is 4.66. The zero-order valence-electron chi connectivity index (χ0n) is 7.05. The van der Waals surface area contributed by atoms with Crippen LogP contribution in [0.5, 0.6) is 0 Å². The molecule has 0 aromatic heterocycles. The molecule has 0 aromatic rings. The Labute approximate surface area is 62.8 Å². The molecular formula is C9H16O. The highest BCUT2D eigenvalue weighted by Gasteiger charge is 2.62. The van der Waals surface area contributed by atoms with Gasteiger partial charge in [0.2, 0.25) is 0 Å². The van der Waals surface area contributed by atoms with Gasteiger partial charge >= 0.3 is 0 Å². The summed E-state index contributed by atoms with van der Waals surface area (Å²) in [5, 5.41) is 0. The fourth-order valence-corrected chi connectivity index (χ4v) is 2.65. The zero-order valence-corrected chi connectivity index (χ0v) is 7.05. The highest BCUT2D eigenvalue weighted by Crippen LogP contribution is 2.66. The minimum Gasteiger partial charge on any atom is -0.381 e. The van der Waals surface area contributed by atoms with E-state index in [-0.39, 0.29) is 0 Å². The van der Waals surface area contributed by atoms with E-state index in [2.05, 4.69) is 13.8 Å². The van der Waals surface area contributed by atoms with Crippen molar-refractivity contribution in [3.63, 3.8) is 0 Å². The first-order valence-electron chi connectivity index (χ1n) is 4.19. The first-order valence-corrected chi connectivity index (χ1v) is 4.19. The second kappa shape index (κ2) is 1.76. The number of methoxy groups -OCH3 is 1. The molecule has 1 heteroatoms. The Balaban J connectivity index is 1.96. The maximum atomic E-state index is 5.31. The molecule has 0 bridgehead atoms. The molecule has 1 nitrogen and oxygen atoms in total. The molecule has 2 aliphatic rings. The monoisotopic (exact) mass is 140 g/mol. The van der Waals surface area contributed by atoms with Crippen LogP contribution < -0.4 is 0 Å². The van der Waals surface area contributed by atoms with Crippen LogP contribution in [0.15, 0.2) is 0 Å². The third-order valence-corrected chi connectivity index (χ3v) is 3.65. The van der Waals surface area contributed by atoms with E-state index in [1.54, 1.807) is 0 Å². The number of hydrogen-bond donors (Lipinski definition) is 0. The van der Waals surface area contributed by atoms with E-state index in [4.69, 9.17) is 4.74 Å². The number of hydrogen-bond acceptors (Lipinski definition) is 1. The normalized spacial score (nSPS) is 48.9. The van der Waals surface area contributed by atoms with Crippen molar-refractivity contribution in [2.24, 2.45) is 17.3 Å². The molecule has 0 radical (unpaired) electrons. The Morgan fingerprint density at radius 2 is 1.70 bits per heavy atom. The van der Waals surface area contributed by atoms with Crippen LogP contribution in [-0.2, 0) is 4.74 Å². The van der Waals surface area contributed by atoms with Gasteiger partial charge in [-0.25, -0.2) is 0 Å². The van der Waals surface area contributed by atoms with Crippen molar-refractivity contribution in [2.75, 3.05) is 7.11 Å². The number of rotatable bonds is 1. The molecule has 0 aromatic carbocycles. The quantitative estimate of drug-likeness (QED) is 0.541. The fraction of sp³-hybridized carbons (Fsp3) is 1.00. The van der Waals surface area contributed by atoms with Gasteiger partial charge in [-0.3, -0.25) is 0 Å². The first kappa shape index (κ1) is 6.66. The smallest absolute Gasteiger partial charge is 0.0577 e. The van der Waals surface area contributed by atoms with Crippen LogP contribution in [-0.4, -0.2) is 13.2 Å². The summed E-state index contributed by atoms with van der Waals surface area (Å²) in [5.41, 5.74) is 0.662. The molecule has 0 N–H and O–H groups in total. The van der Waals surface area contributed by atoms with Gasteiger partial charge < -0.3 is 4.74 Å². The summed E-state index contributed by atoms with van der Waals surface area (Å²) < 4.78 is 5.31. The molecule has 10 heavy (non-hydrogen) atoms. The second-order valence-electron chi connectivity index (χ2n) is 4.36. The van der Waals surface area contributed by atoms with Gasteiger partial charge in [0.05, 0.1) is 6.10 Å². The Morgan fingerprint density at radius 1 is 1.20 bits per heavy atom. The molecule has 2 unspecified atom stereocenters. The molecule has 0 heterocycles. The van der Waals surface area contributed by atoms with Crippen molar-refractivity contribution >= 4 is 0 Å². The minimum absolute atomic E-state index is 0.586. The average Bonchev–Trinajstić information content (AvgIpc) is 2.37. The Hall–Kier alpha value is -0.0400. The minimum atomic E-state index is 0.586. The lowest BCUT2D eigenvalue weighted by molar-refractivity contribution is 0.0875.